The summed E-state index contributed by atoms with van der Waals surface area (Å²) in [6.07, 6.45) is 0. The van der Waals surface area contributed by atoms with Crippen molar-refractivity contribution >= 4 is 38.7 Å². The van der Waals surface area contributed by atoms with Gasteiger partial charge in [-0.05, 0) is 48.7 Å². The average Bonchev–Trinajstić information content (AvgIpc) is 3.16. The molecule has 0 unspecified atom stereocenters. The van der Waals surface area contributed by atoms with Gasteiger partial charge in [-0.15, -0.1) is 11.3 Å². The number of sulfone groups is 1. The lowest BCUT2D eigenvalue weighted by atomic mass is 10.2. The van der Waals surface area contributed by atoms with Crippen LogP contribution in [0.25, 0.3) is 0 Å². The molecule has 0 bridgehead atoms. The molecule has 0 aliphatic heterocycles. The van der Waals surface area contributed by atoms with Crippen LogP contribution in [0.5, 0.6) is 0 Å². The zero-order chi connectivity index (χ0) is 19.4. The third kappa shape index (κ3) is 4.58. The fourth-order valence-electron chi connectivity index (χ4n) is 2.65. The lowest BCUT2D eigenvalue weighted by Gasteiger charge is -2.17. The molecule has 2 aromatic carbocycles. The molecule has 0 fully saturated rings. The van der Waals surface area contributed by atoms with Gasteiger partial charge in [0.05, 0.1) is 4.90 Å². The third-order valence-corrected chi connectivity index (χ3v) is 7.59. The standard InChI is InChI=1S/C20H18ClNO3S2/c1-14-7-9-17(10-8-14)27(24,25)19(18-6-3-11-26-18)13-22-20(23)15-4-2-5-16(21)12-15/h2-12,19H,13H2,1H3,(H,22,23)/t19-/m1/s1. The first-order chi connectivity index (χ1) is 12.9. The Morgan fingerprint density at radius 1 is 1.11 bits per heavy atom. The van der Waals surface area contributed by atoms with Crippen LogP contribution >= 0.6 is 22.9 Å². The van der Waals surface area contributed by atoms with Gasteiger partial charge in [0.2, 0.25) is 0 Å². The first-order valence-corrected chi connectivity index (χ1v) is 11.1. The summed E-state index contributed by atoms with van der Waals surface area (Å²) in [5.41, 5.74) is 1.37. The van der Waals surface area contributed by atoms with Gasteiger partial charge in [0.1, 0.15) is 5.25 Å². The molecule has 3 rings (SSSR count). The number of hydrogen-bond donors (Lipinski definition) is 1. The predicted molar refractivity (Wildman–Crippen MR) is 109 cm³/mol. The van der Waals surface area contributed by atoms with E-state index in [4.69, 9.17) is 11.6 Å². The Morgan fingerprint density at radius 2 is 1.85 bits per heavy atom. The van der Waals surface area contributed by atoms with Crippen LogP contribution < -0.4 is 5.32 Å². The number of nitrogens with one attached hydrogen (secondary N) is 1. The van der Waals surface area contributed by atoms with Crippen molar-refractivity contribution in [3.8, 4) is 0 Å². The summed E-state index contributed by atoms with van der Waals surface area (Å²) >= 11 is 7.28. The van der Waals surface area contributed by atoms with Crippen LogP contribution in [0, 0.1) is 6.92 Å². The van der Waals surface area contributed by atoms with E-state index >= 15 is 0 Å². The SMILES string of the molecule is Cc1ccc(S(=O)(=O)[C@H](CNC(=O)c2cccc(Cl)c2)c2cccs2)cc1. The molecular formula is C20H18ClNO3S2. The van der Waals surface area contributed by atoms with Crippen LogP contribution in [-0.2, 0) is 9.84 Å². The van der Waals surface area contributed by atoms with E-state index in [-0.39, 0.29) is 17.3 Å². The van der Waals surface area contributed by atoms with Crippen molar-refractivity contribution in [3.63, 3.8) is 0 Å². The van der Waals surface area contributed by atoms with E-state index in [1.807, 2.05) is 12.3 Å². The Bertz CT molecular complexity index is 1030. The number of aryl methyl sites for hydroxylation is 1. The van der Waals surface area contributed by atoms with Gasteiger partial charge >= 0.3 is 0 Å². The molecule has 0 spiro atoms. The Hall–Kier alpha value is -2.15. The molecule has 3 aromatic rings. The predicted octanol–water partition coefficient (Wildman–Crippen LogP) is 4.65. The number of thiophene rings is 1. The van der Waals surface area contributed by atoms with Crippen LogP contribution in [0.1, 0.15) is 26.0 Å². The minimum absolute atomic E-state index is 0.0257. The van der Waals surface area contributed by atoms with Crippen LogP contribution in [0.3, 0.4) is 0 Å². The van der Waals surface area contributed by atoms with Crippen molar-refractivity contribution in [1.29, 1.82) is 0 Å². The molecule has 0 saturated heterocycles. The summed E-state index contributed by atoms with van der Waals surface area (Å²) in [4.78, 5) is 13.3. The highest BCUT2D eigenvalue weighted by molar-refractivity contribution is 7.91. The number of benzene rings is 2. The van der Waals surface area contributed by atoms with Crippen LogP contribution in [0.4, 0.5) is 0 Å². The average molecular weight is 420 g/mol. The summed E-state index contributed by atoms with van der Waals surface area (Å²) < 4.78 is 26.4. The maximum Gasteiger partial charge on any atom is 0.251 e. The van der Waals surface area contributed by atoms with Gasteiger partial charge in [0.15, 0.2) is 9.84 Å². The smallest absolute Gasteiger partial charge is 0.251 e. The van der Waals surface area contributed by atoms with Crippen molar-refractivity contribution < 1.29 is 13.2 Å². The molecule has 0 aliphatic rings. The molecule has 0 radical (unpaired) electrons. The Labute approximate surface area is 167 Å². The summed E-state index contributed by atoms with van der Waals surface area (Å²) in [5, 5.41) is 4.15. The second-order valence-corrected chi connectivity index (χ2v) is 9.63. The maximum atomic E-state index is 13.2. The topological polar surface area (TPSA) is 63.2 Å². The van der Waals surface area contributed by atoms with Crippen LogP contribution in [-0.4, -0.2) is 20.9 Å². The van der Waals surface area contributed by atoms with E-state index in [0.29, 0.717) is 15.5 Å². The Kier molecular flexibility index (Phi) is 5.99. The zero-order valence-corrected chi connectivity index (χ0v) is 16.9. The zero-order valence-electron chi connectivity index (χ0n) is 14.6. The number of carbonyl (C=O) groups is 1. The van der Waals surface area contributed by atoms with Gasteiger partial charge in [-0.2, -0.15) is 0 Å². The minimum Gasteiger partial charge on any atom is -0.350 e. The van der Waals surface area contributed by atoms with Crippen molar-refractivity contribution in [2.45, 2.75) is 17.1 Å². The number of hydrogen-bond acceptors (Lipinski definition) is 4. The molecule has 1 amide bonds. The van der Waals surface area contributed by atoms with Gasteiger partial charge < -0.3 is 5.32 Å². The molecular weight excluding hydrogens is 402 g/mol. The summed E-state index contributed by atoms with van der Waals surface area (Å²) in [6.45, 7) is 1.88. The first kappa shape index (κ1) is 19.6. The van der Waals surface area contributed by atoms with Crippen molar-refractivity contribution in [2.75, 3.05) is 6.54 Å². The number of amides is 1. The van der Waals surface area contributed by atoms with Gasteiger partial charge in [0, 0.05) is 22.0 Å². The molecule has 1 heterocycles. The van der Waals surface area contributed by atoms with E-state index in [1.165, 1.54) is 11.3 Å². The number of halogens is 1. The van der Waals surface area contributed by atoms with Crippen LogP contribution in [0.2, 0.25) is 5.02 Å². The van der Waals surface area contributed by atoms with Crippen molar-refractivity contribution in [3.05, 3.63) is 87.1 Å². The molecule has 4 nitrogen and oxygen atoms in total. The summed E-state index contributed by atoms with van der Waals surface area (Å²) in [7, 11) is -3.66. The fourth-order valence-corrected chi connectivity index (χ4v) is 5.62. The third-order valence-electron chi connectivity index (χ3n) is 4.12. The molecule has 7 heteroatoms. The molecule has 0 saturated carbocycles. The minimum atomic E-state index is -3.66. The molecule has 27 heavy (non-hydrogen) atoms. The van der Waals surface area contributed by atoms with Gasteiger partial charge in [-0.1, -0.05) is 41.4 Å². The summed E-state index contributed by atoms with van der Waals surface area (Å²) in [5.74, 6) is -0.363. The van der Waals surface area contributed by atoms with Crippen LogP contribution in [0.15, 0.2) is 70.9 Å². The molecule has 140 valence electrons. The molecule has 1 aromatic heterocycles. The molecule has 1 atom stereocenters. The molecule has 1 N–H and O–H groups in total. The van der Waals surface area contributed by atoms with E-state index in [2.05, 4.69) is 5.32 Å². The fraction of sp³-hybridized carbons (Fsp3) is 0.150. The number of carbonyl (C=O) groups excluding carboxylic acids is 1. The Balaban J connectivity index is 1.86. The monoisotopic (exact) mass is 419 g/mol. The molecule has 0 aliphatic carbocycles. The highest BCUT2D eigenvalue weighted by Gasteiger charge is 2.30. The van der Waals surface area contributed by atoms with E-state index in [1.54, 1.807) is 60.7 Å². The summed E-state index contributed by atoms with van der Waals surface area (Å²) in [6, 6.07) is 16.8. The quantitative estimate of drug-likeness (QED) is 0.632. The van der Waals surface area contributed by atoms with Gasteiger partial charge in [-0.3, -0.25) is 4.79 Å². The van der Waals surface area contributed by atoms with Crippen molar-refractivity contribution in [2.24, 2.45) is 0 Å². The van der Waals surface area contributed by atoms with E-state index in [9.17, 15) is 13.2 Å². The lowest BCUT2D eigenvalue weighted by molar-refractivity contribution is 0.0953. The van der Waals surface area contributed by atoms with Gasteiger partial charge in [0.25, 0.3) is 5.91 Å². The lowest BCUT2D eigenvalue weighted by Crippen LogP contribution is -2.31. The highest BCUT2D eigenvalue weighted by Crippen LogP contribution is 2.31. The van der Waals surface area contributed by atoms with Gasteiger partial charge in [-0.25, -0.2) is 8.42 Å². The first-order valence-electron chi connectivity index (χ1n) is 8.25. The second-order valence-electron chi connectivity index (χ2n) is 6.08. The largest absolute Gasteiger partial charge is 0.350 e. The maximum absolute atomic E-state index is 13.2. The van der Waals surface area contributed by atoms with Crippen molar-refractivity contribution in [1.82, 2.24) is 5.32 Å². The van der Waals surface area contributed by atoms with E-state index in [0.717, 1.165) is 5.56 Å². The second kappa shape index (κ2) is 8.25. The van der Waals surface area contributed by atoms with E-state index < -0.39 is 15.1 Å². The number of rotatable bonds is 6. The Morgan fingerprint density at radius 3 is 2.48 bits per heavy atom. The normalized spacial score (nSPS) is 12.5. The highest BCUT2D eigenvalue weighted by atomic mass is 35.5.